The van der Waals surface area contributed by atoms with Crippen molar-refractivity contribution >= 4 is 15.7 Å². The highest BCUT2D eigenvalue weighted by molar-refractivity contribution is 7.92. The van der Waals surface area contributed by atoms with Crippen LogP contribution >= 0.6 is 0 Å². The summed E-state index contributed by atoms with van der Waals surface area (Å²) in [6, 6.07) is 11.2. The lowest BCUT2D eigenvalue weighted by Gasteiger charge is -2.18. The van der Waals surface area contributed by atoms with Gasteiger partial charge in [0.25, 0.3) is 10.0 Å². The van der Waals surface area contributed by atoms with Crippen LogP contribution in [0.25, 0.3) is 0 Å². The maximum absolute atomic E-state index is 12.7. The van der Waals surface area contributed by atoms with Gasteiger partial charge in [0.15, 0.2) is 0 Å². The van der Waals surface area contributed by atoms with Crippen molar-refractivity contribution in [2.24, 2.45) is 0 Å². The molecule has 0 aliphatic rings. The molecule has 0 aromatic heterocycles. The number of benzene rings is 2. The fraction of sp³-hybridized carbons (Fsp3) is 0.333. The minimum absolute atomic E-state index is 0.247. The summed E-state index contributed by atoms with van der Waals surface area (Å²) in [7, 11) is -3.59. The van der Waals surface area contributed by atoms with Gasteiger partial charge in [0.2, 0.25) is 0 Å². The van der Waals surface area contributed by atoms with E-state index in [-0.39, 0.29) is 5.92 Å². The summed E-state index contributed by atoms with van der Waals surface area (Å²) < 4.78 is 28.3. The molecule has 0 radical (unpaired) electrons. The second-order valence-electron chi connectivity index (χ2n) is 6.07. The first-order valence-corrected chi connectivity index (χ1v) is 8.90. The molecule has 0 fully saturated rings. The van der Waals surface area contributed by atoms with E-state index in [9.17, 15) is 8.42 Å². The Morgan fingerprint density at radius 3 is 2.23 bits per heavy atom. The van der Waals surface area contributed by atoms with Gasteiger partial charge in [-0.1, -0.05) is 49.7 Å². The fourth-order valence-corrected chi connectivity index (χ4v) is 3.99. The number of para-hydroxylation sites is 1. The molecule has 2 rings (SSSR count). The molecule has 0 aliphatic heterocycles. The number of aryl methyl sites for hydroxylation is 3. The molecule has 1 N–H and O–H groups in total. The number of sulfonamides is 1. The monoisotopic (exact) mass is 317 g/mol. The molecule has 0 atom stereocenters. The van der Waals surface area contributed by atoms with Gasteiger partial charge in [-0.2, -0.15) is 0 Å². The van der Waals surface area contributed by atoms with Crippen LogP contribution in [-0.4, -0.2) is 8.42 Å². The number of rotatable bonds is 4. The van der Waals surface area contributed by atoms with Gasteiger partial charge in [-0.3, -0.25) is 4.72 Å². The molecule has 3 nitrogen and oxygen atoms in total. The molecule has 4 heteroatoms. The number of anilines is 1. The summed E-state index contributed by atoms with van der Waals surface area (Å²) >= 11 is 0. The molecule has 0 aliphatic carbocycles. The summed E-state index contributed by atoms with van der Waals surface area (Å²) in [5.74, 6) is 0.247. The van der Waals surface area contributed by atoms with Gasteiger partial charge in [-0.25, -0.2) is 8.42 Å². The van der Waals surface area contributed by atoms with Gasteiger partial charge >= 0.3 is 0 Å². The molecular weight excluding hydrogens is 294 g/mol. The average molecular weight is 317 g/mol. The van der Waals surface area contributed by atoms with E-state index in [0.29, 0.717) is 10.6 Å². The summed E-state index contributed by atoms with van der Waals surface area (Å²) in [5, 5.41) is 0. The molecule has 0 unspecified atom stereocenters. The summed E-state index contributed by atoms with van der Waals surface area (Å²) in [6.45, 7) is 9.82. The van der Waals surface area contributed by atoms with E-state index in [1.807, 2.05) is 51.1 Å². The molecule has 0 bridgehead atoms. The van der Waals surface area contributed by atoms with Crippen LogP contribution in [0.5, 0.6) is 0 Å². The Morgan fingerprint density at radius 1 is 0.955 bits per heavy atom. The molecule has 2 aromatic rings. The van der Waals surface area contributed by atoms with Crippen molar-refractivity contribution in [3.63, 3.8) is 0 Å². The molecule has 0 saturated carbocycles. The van der Waals surface area contributed by atoms with Crippen LogP contribution in [0, 0.1) is 20.8 Å². The third-order valence-electron chi connectivity index (χ3n) is 3.78. The highest BCUT2D eigenvalue weighted by atomic mass is 32.2. The zero-order valence-electron chi connectivity index (χ0n) is 13.8. The average Bonchev–Trinajstić information content (AvgIpc) is 2.40. The van der Waals surface area contributed by atoms with E-state index in [1.165, 1.54) is 0 Å². The maximum atomic E-state index is 12.7. The summed E-state index contributed by atoms with van der Waals surface area (Å²) in [6.07, 6.45) is 0. The topological polar surface area (TPSA) is 46.2 Å². The second-order valence-corrected chi connectivity index (χ2v) is 7.72. The van der Waals surface area contributed by atoms with Gasteiger partial charge in [-0.05, 0) is 49.4 Å². The third-order valence-corrected chi connectivity index (χ3v) is 5.29. The highest BCUT2D eigenvalue weighted by Gasteiger charge is 2.20. The lowest BCUT2D eigenvalue weighted by Crippen LogP contribution is -2.16. The Bertz CT molecular complexity index is 793. The van der Waals surface area contributed by atoms with Crippen molar-refractivity contribution in [2.45, 2.75) is 45.4 Å². The van der Waals surface area contributed by atoms with Crippen molar-refractivity contribution in [1.29, 1.82) is 0 Å². The van der Waals surface area contributed by atoms with Crippen LogP contribution < -0.4 is 4.72 Å². The van der Waals surface area contributed by atoms with E-state index in [4.69, 9.17) is 0 Å². The fourth-order valence-electron chi connectivity index (χ4n) is 2.60. The van der Waals surface area contributed by atoms with Crippen LogP contribution in [0.1, 0.15) is 42.0 Å². The van der Waals surface area contributed by atoms with Gasteiger partial charge in [0.1, 0.15) is 0 Å². The van der Waals surface area contributed by atoms with Crippen molar-refractivity contribution < 1.29 is 8.42 Å². The van der Waals surface area contributed by atoms with Gasteiger partial charge in [0, 0.05) is 0 Å². The Kier molecular flexibility index (Phi) is 4.61. The van der Waals surface area contributed by atoms with Crippen molar-refractivity contribution in [3.05, 3.63) is 58.7 Å². The number of hydrogen-bond acceptors (Lipinski definition) is 2. The molecule has 0 spiro atoms. The standard InChI is InChI=1S/C18H23NO2S/c1-12(2)16-8-6-7-14(4)18(16)19-22(20,21)17-10-9-13(3)11-15(17)5/h6-12,19H,1-5H3. The smallest absolute Gasteiger partial charge is 0.262 e. The molecular formula is C18H23NO2S. The predicted octanol–water partition coefficient (Wildman–Crippen LogP) is 4.54. The van der Waals surface area contributed by atoms with Gasteiger partial charge < -0.3 is 0 Å². The van der Waals surface area contributed by atoms with Crippen LogP contribution in [0.15, 0.2) is 41.3 Å². The minimum Gasteiger partial charge on any atom is -0.279 e. The van der Waals surface area contributed by atoms with E-state index in [0.717, 1.165) is 22.3 Å². The minimum atomic E-state index is -3.59. The molecule has 0 saturated heterocycles. The van der Waals surface area contributed by atoms with Crippen LogP contribution in [-0.2, 0) is 10.0 Å². The van der Waals surface area contributed by atoms with E-state index in [1.54, 1.807) is 6.07 Å². The predicted molar refractivity (Wildman–Crippen MR) is 92.0 cm³/mol. The van der Waals surface area contributed by atoms with E-state index < -0.39 is 10.0 Å². The zero-order chi connectivity index (χ0) is 16.5. The van der Waals surface area contributed by atoms with Crippen molar-refractivity contribution in [2.75, 3.05) is 4.72 Å². The molecule has 2 aromatic carbocycles. The van der Waals surface area contributed by atoms with Crippen LogP contribution in [0.4, 0.5) is 5.69 Å². The lowest BCUT2D eigenvalue weighted by molar-refractivity contribution is 0.600. The lowest BCUT2D eigenvalue weighted by atomic mass is 9.99. The van der Waals surface area contributed by atoms with Crippen molar-refractivity contribution in [3.8, 4) is 0 Å². The van der Waals surface area contributed by atoms with Crippen LogP contribution in [0.2, 0.25) is 0 Å². The molecule has 118 valence electrons. The zero-order valence-corrected chi connectivity index (χ0v) is 14.6. The Balaban J connectivity index is 2.50. The van der Waals surface area contributed by atoms with Crippen LogP contribution in [0.3, 0.4) is 0 Å². The Morgan fingerprint density at radius 2 is 1.64 bits per heavy atom. The largest absolute Gasteiger partial charge is 0.279 e. The van der Waals surface area contributed by atoms with Crippen molar-refractivity contribution in [1.82, 2.24) is 0 Å². The first kappa shape index (κ1) is 16.6. The SMILES string of the molecule is Cc1ccc(S(=O)(=O)Nc2c(C)cccc2C(C)C)c(C)c1. The Labute approximate surface area is 133 Å². The summed E-state index contributed by atoms with van der Waals surface area (Å²) in [4.78, 5) is 0.330. The first-order valence-electron chi connectivity index (χ1n) is 7.42. The Hall–Kier alpha value is -1.81. The second kappa shape index (κ2) is 6.13. The van der Waals surface area contributed by atoms with E-state index in [2.05, 4.69) is 18.6 Å². The number of nitrogens with one attached hydrogen (secondary N) is 1. The molecule has 22 heavy (non-hydrogen) atoms. The summed E-state index contributed by atoms with van der Waals surface area (Å²) in [5.41, 5.74) is 4.44. The third kappa shape index (κ3) is 3.33. The highest BCUT2D eigenvalue weighted by Crippen LogP contribution is 2.30. The first-order chi connectivity index (χ1) is 10.2. The molecule has 0 heterocycles. The maximum Gasteiger partial charge on any atom is 0.262 e. The normalized spacial score (nSPS) is 11.7. The molecule has 0 amide bonds. The quantitative estimate of drug-likeness (QED) is 0.900. The van der Waals surface area contributed by atoms with E-state index >= 15 is 0 Å². The van der Waals surface area contributed by atoms with Gasteiger partial charge in [-0.15, -0.1) is 0 Å². The number of hydrogen-bond donors (Lipinski definition) is 1. The van der Waals surface area contributed by atoms with Gasteiger partial charge in [0.05, 0.1) is 10.6 Å².